The maximum atomic E-state index is 12.6. The maximum absolute atomic E-state index is 12.6. The molecule has 3 N–H and O–H groups in total. The van der Waals surface area contributed by atoms with E-state index in [4.69, 9.17) is 4.74 Å². The van der Waals surface area contributed by atoms with Crippen molar-refractivity contribution < 1.29 is 19.1 Å². The second-order valence-electron chi connectivity index (χ2n) is 8.32. The van der Waals surface area contributed by atoms with Gasteiger partial charge >= 0.3 is 6.03 Å². The first-order valence-electron chi connectivity index (χ1n) is 10.2. The Morgan fingerprint density at radius 1 is 1.21 bits per heavy atom. The first kappa shape index (κ1) is 19.6. The molecule has 9 heteroatoms. The van der Waals surface area contributed by atoms with Crippen molar-refractivity contribution in [3.05, 3.63) is 18.3 Å². The molecule has 4 amide bonds. The number of ether oxygens (including phenoxy) is 1. The number of nitrogens with zero attached hydrogens (tertiary/aromatic N) is 2. The van der Waals surface area contributed by atoms with Gasteiger partial charge in [0.25, 0.3) is 5.91 Å². The number of anilines is 2. The fourth-order valence-corrected chi connectivity index (χ4v) is 4.51. The van der Waals surface area contributed by atoms with Gasteiger partial charge in [0.15, 0.2) is 0 Å². The summed E-state index contributed by atoms with van der Waals surface area (Å²) in [4.78, 5) is 42.8. The van der Waals surface area contributed by atoms with Crippen LogP contribution >= 0.6 is 0 Å². The molecule has 3 fully saturated rings. The van der Waals surface area contributed by atoms with Crippen molar-refractivity contribution in [2.24, 2.45) is 5.92 Å². The Morgan fingerprint density at radius 3 is 2.45 bits per heavy atom. The molecule has 2 unspecified atom stereocenters. The lowest BCUT2D eigenvalue weighted by atomic mass is 9.76. The molecular formula is C20H27N5O4. The van der Waals surface area contributed by atoms with E-state index in [-0.39, 0.29) is 29.9 Å². The van der Waals surface area contributed by atoms with Crippen molar-refractivity contribution in [2.45, 2.75) is 57.3 Å². The van der Waals surface area contributed by atoms with E-state index in [1.807, 2.05) is 26.0 Å². The Bertz CT molecular complexity index is 794. The predicted molar refractivity (Wildman–Crippen MR) is 106 cm³/mol. The lowest BCUT2D eigenvalue weighted by molar-refractivity contribution is -0.128. The summed E-state index contributed by atoms with van der Waals surface area (Å²) in [5.74, 6) is 0.319. The van der Waals surface area contributed by atoms with Crippen LogP contribution in [0.3, 0.4) is 0 Å². The number of pyridine rings is 1. The molecule has 1 aromatic heterocycles. The summed E-state index contributed by atoms with van der Waals surface area (Å²) in [6, 6.07) is 3.32. The van der Waals surface area contributed by atoms with Crippen LogP contribution in [0.4, 0.5) is 16.3 Å². The van der Waals surface area contributed by atoms with Gasteiger partial charge in [-0.3, -0.25) is 14.9 Å². The number of urea groups is 1. The van der Waals surface area contributed by atoms with Crippen molar-refractivity contribution in [1.29, 1.82) is 0 Å². The highest BCUT2D eigenvalue weighted by Crippen LogP contribution is 2.34. The zero-order valence-corrected chi connectivity index (χ0v) is 16.7. The molecule has 3 aliphatic rings. The number of carbonyl (C=O) groups is 3. The predicted octanol–water partition coefficient (Wildman–Crippen LogP) is 1.40. The van der Waals surface area contributed by atoms with Gasteiger partial charge in [0.2, 0.25) is 5.91 Å². The third-order valence-corrected chi connectivity index (χ3v) is 5.98. The highest BCUT2D eigenvalue weighted by Gasteiger charge is 2.48. The summed E-state index contributed by atoms with van der Waals surface area (Å²) >= 11 is 0. The molecule has 2 aliphatic heterocycles. The molecule has 0 bridgehead atoms. The molecule has 0 radical (unpaired) electrons. The van der Waals surface area contributed by atoms with Crippen LogP contribution in [0, 0.1) is 5.92 Å². The number of nitrogens with one attached hydrogen (secondary N) is 3. The normalized spacial score (nSPS) is 32.1. The highest BCUT2D eigenvalue weighted by atomic mass is 16.5. The van der Waals surface area contributed by atoms with Crippen LogP contribution in [-0.4, -0.2) is 53.7 Å². The van der Waals surface area contributed by atoms with E-state index >= 15 is 0 Å². The standard InChI is InChI=1S/C20H27N5O4/c1-12-10-25(11-13(2)29-12)16-4-3-15(9-21-16)22-17(26)14-5-7-20(8-6-14)18(27)23-19(28)24-20/h3-4,9,12-14H,5-8,10-11H2,1-2H3,(H,22,26)(H2,23,24,27,28). The van der Waals surface area contributed by atoms with E-state index in [0.29, 0.717) is 31.4 Å². The molecule has 1 aliphatic carbocycles. The van der Waals surface area contributed by atoms with Crippen LogP contribution in [0.1, 0.15) is 39.5 Å². The average Bonchev–Trinajstić information content (AvgIpc) is 2.95. The highest BCUT2D eigenvalue weighted by molar-refractivity contribution is 6.07. The fraction of sp³-hybridized carbons (Fsp3) is 0.600. The first-order chi connectivity index (χ1) is 13.8. The number of imide groups is 1. The number of hydrogen-bond donors (Lipinski definition) is 3. The quantitative estimate of drug-likeness (QED) is 0.660. The van der Waals surface area contributed by atoms with Crippen molar-refractivity contribution in [1.82, 2.24) is 15.6 Å². The zero-order chi connectivity index (χ0) is 20.6. The van der Waals surface area contributed by atoms with Crippen LogP contribution in [0.15, 0.2) is 18.3 Å². The van der Waals surface area contributed by atoms with Crippen molar-refractivity contribution in [3.8, 4) is 0 Å². The number of aromatic nitrogens is 1. The minimum atomic E-state index is -0.844. The largest absolute Gasteiger partial charge is 0.372 e. The Morgan fingerprint density at radius 2 is 1.90 bits per heavy atom. The van der Waals surface area contributed by atoms with E-state index < -0.39 is 11.6 Å². The second-order valence-corrected chi connectivity index (χ2v) is 8.32. The molecule has 29 heavy (non-hydrogen) atoms. The minimum Gasteiger partial charge on any atom is -0.372 e. The van der Waals surface area contributed by atoms with Crippen molar-refractivity contribution in [2.75, 3.05) is 23.3 Å². The Labute approximate surface area is 169 Å². The van der Waals surface area contributed by atoms with Gasteiger partial charge in [-0.05, 0) is 51.7 Å². The van der Waals surface area contributed by atoms with Crippen LogP contribution in [0.25, 0.3) is 0 Å². The van der Waals surface area contributed by atoms with Gasteiger partial charge in [0.1, 0.15) is 11.4 Å². The summed E-state index contributed by atoms with van der Waals surface area (Å²) in [5.41, 5.74) is -0.191. The zero-order valence-electron chi connectivity index (χ0n) is 16.7. The van der Waals surface area contributed by atoms with E-state index in [1.54, 1.807) is 6.20 Å². The first-order valence-corrected chi connectivity index (χ1v) is 10.2. The van der Waals surface area contributed by atoms with Gasteiger partial charge in [0.05, 0.1) is 24.1 Å². The van der Waals surface area contributed by atoms with E-state index in [1.165, 1.54) is 0 Å². The molecular weight excluding hydrogens is 374 g/mol. The van der Waals surface area contributed by atoms with Crippen molar-refractivity contribution >= 4 is 29.4 Å². The van der Waals surface area contributed by atoms with E-state index in [9.17, 15) is 14.4 Å². The molecule has 3 heterocycles. The second kappa shape index (κ2) is 7.62. The van der Waals surface area contributed by atoms with E-state index in [2.05, 4.69) is 25.8 Å². The number of amides is 4. The van der Waals surface area contributed by atoms with Crippen LogP contribution in [0.5, 0.6) is 0 Å². The smallest absolute Gasteiger partial charge is 0.322 e. The SMILES string of the molecule is CC1CN(c2ccc(NC(=O)C3CCC4(CC3)NC(=O)NC4=O)cn2)CC(C)O1. The maximum Gasteiger partial charge on any atom is 0.322 e. The molecule has 4 rings (SSSR count). The Balaban J connectivity index is 1.32. The molecule has 9 nitrogen and oxygen atoms in total. The summed E-state index contributed by atoms with van der Waals surface area (Å²) in [6.07, 6.45) is 4.01. The Hall–Kier alpha value is -2.68. The molecule has 1 spiro atoms. The van der Waals surface area contributed by atoms with Gasteiger partial charge in [-0.1, -0.05) is 0 Å². The molecule has 0 aromatic carbocycles. The van der Waals surface area contributed by atoms with Crippen LogP contribution in [0.2, 0.25) is 0 Å². The average molecular weight is 401 g/mol. The van der Waals surface area contributed by atoms with Gasteiger partial charge in [-0.25, -0.2) is 9.78 Å². The van der Waals surface area contributed by atoms with Crippen LogP contribution in [-0.2, 0) is 14.3 Å². The monoisotopic (exact) mass is 401 g/mol. The number of hydrogen-bond acceptors (Lipinski definition) is 6. The number of morpholine rings is 1. The van der Waals surface area contributed by atoms with Gasteiger partial charge in [-0.2, -0.15) is 0 Å². The van der Waals surface area contributed by atoms with Crippen molar-refractivity contribution in [3.63, 3.8) is 0 Å². The third kappa shape index (κ3) is 4.05. The molecule has 156 valence electrons. The summed E-state index contributed by atoms with van der Waals surface area (Å²) in [5, 5.41) is 7.93. The summed E-state index contributed by atoms with van der Waals surface area (Å²) in [7, 11) is 0. The van der Waals surface area contributed by atoms with Gasteiger partial charge < -0.3 is 20.3 Å². The molecule has 2 atom stereocenters. The summed E-state index contributed by atoms with van der Waals surface area (Å²) in [6.45, 7) is 5.67. The summed E-state index contributed by atoms with van der Waals surface area (Å²) < 4.78 is 5.75. The van der Waals surface area contributed by atoms with Crippen LogP contribution < -0.4 is 20.9 Å². The third-order valence-electron chi connectivity index (χ3n) is 5.98. The fourth-order valence-electron chi connectivity index (χ4n) is 4.51. The van der Waals surface area contributed by atoms with Gasteiger partial charge in [-0.15, -0.1) is 0 Å². The topological polar surface area (TPSA) is 113 Å². The molecule has 2 saturated heterocycles. The minimum absolute atomic E-state index is 0.0762. The number of carbonyl (C=O) groups excluding carboxylic acids is 3. The van der Waals surface area contributed by atoms with E-state index in [0.717, 1.165) is 18.9 Å². The Kier molecular flexibility index (Phi) is 5.16. The number of rotatable bonds is 3. The lowest BCUT2D eigenvalue weighted by Gasteiger charge is -2.36. The molecule has 1 saturated carbocycles. The lowest BCUT2D eigenvalue weighted by Crippen LogP contribution is -2.50. The van der Waals surface area contributed by atoms with Gasteiger partial charge in [0, 0.05) is 19.0 Å². The molecule has 1 aromatic rings.